The molecule has 0 radical (unpaired) electrons. The molecule has 3 N–H and O–H groups in total. The average molecular weight is 419 g/mol. The van der Waals surface area contributed by atoms with E-state index in [1.807, 2.05) is 0 Å². The van der Waals surface area contributed by atoms with E-state index in [1.165, 1.54) is 18.4 Å². The standard InChI is InChI=1S/C27H46O3/c1-16(2)6-9-23(29)17(3)25-24(30)15-22-20-8-7-18-14-19(28)10-12-26(18,4)21(20)11-13-27(22,25)5/h7,16-17,19-25,28-30H,6,8-15H2,1-5H3/t17-,19+,20-,21+,22+,23?,24?,25+,26+,27+/m1/s1. The Balaban J connectivity index is 1.56. The summed E-state index contributed by atoms with van der Waals surface area (Å²) in [6, 6.07) is 0. The highest BCUT2D eigenvalue weighted by atomic mass is 16.3. The molecule has 0 saturated heterocycles. The van der Waals surface area contributed by atoms with Gasteiger partial charge in [0.2, 0.25) is 0 Å². The molecule has 4 aliphatic carbocycles. The molecule has 0 aliphatic heterocycles. The monoisotopic (exact) mass is 418 g/mol. The van der Waals surface area contributed by atoms with Crippen molar-refractivity contribution in [2.75, 3.05) is 0 Å². The summed E-state index contributed by atoms with van der Waals surface area (Å²) >= 11 is 0. The number of allylic oxidation sites excluding steroid dienone is 1. The van der Waals surface area contributed by atoms with Crippen molar-refractivity contribution in [1.29, 1.82) is 0 Å². The number of rotatable bonds is 5. The molecule has 3 heteroatoms. The van der Waals surface area contributed by atoms with Gasteiger partial charge in [-0.15, -0.1) is 0 Å². The predicted molar refractivity (Wildman–Crippen MR) is 122 cm³/mol. The first-order valence-corrected chi connectivity index (χ1v) is 12.8. The molecule has 30 heavy (non-hydrogen) atoms. The zero-order valence-electron chi connectivity index (χ0n) is 20.0. The van der Waals surface area contributed by atoms with Crippen LogP contribution in [0.1, 0.15) is 92.4 Å². The molecule has 10 atom stereocenters. The first-order valence-electron chi connectivity index (χ1n) is 12.8. The van der Waals surface area contributed by atoms with Gasteiger partial charge < -0.3 is 15.3 Å². The zero-order valence-corrected chi connectivity index (χ0v) is 20.0. The molecule has 172 valence electrons. The Labute approximate surface area is 184 Å². The lowest BCUT2D eigenvalue weighted by molar-refractivity contribution is -0.0768. The van der Waals surface area contributed by atoms with Crippen LogP contribution in [0, 0.1) is 46.3 Å². The summed E-state index contributed by atoms with van der Waals surface area (Å²) in [4.78, 5) is 0. The Morgan fingerprint density at radius 1 is 1.03 bits per heavy atom. The van der Waals surface area contributed by atoms with Crippen LogP contribution in [0.15, 0.2) is 11.6 Å². The average Bonchev–Trinajstić information content (AvgIpc) is 2.96. The molecule has 0 bridgehead atoms. The van der Waals surface area contributed by atoms with Crippen LogP contribution < -0.4 is 0 Å². The number of hydrogen-bond donors (Lipinski definition) is 3. The Bertz CT molecular complexity index is 656. The fourth-order valence-corrected chi connectivity index (χ4v) is 8.65. The maximum absolute atomic E-state index is 11.2. The summed E-state index contributed by atoms with van der Waals surface area (Å²) in [6.07, 6.45) is 11.0. The summed E-state index contributed by atoms with van der Waals surface area (Å²) in [5.41, 5.74) is 1.89. The van der Waals surface area contributed by atoms with Gasteiger partial charge >= 0.3 is 0 Å². The van der Waals surface area contributed by atoms with Crippen LogP contribution in [0.4, 0.5) is 0 Å². The van der Waals surface area contributed by atoms with Gasteiger partial charge in [0.15, 0.2) is 0 Å². The van der Waals surface area contributed by atoms with E-state index in [2.05, 4.69) is 40.7 Å². The van der Waals surface area contributed by atoms with E-state index < -0.39 is 0 Å². The molecule has 0 spiro atoms. The molecular weight excluding hydrogens is 372 g/mol. The molecule has 0 aromatic rings. The first kappa shape index (κ1) is 22.8. The van der Waals surface area contributed by atoms with Gasteiger partial charge in [-0.3, -0.25) is 0 Å². The molecule has 0 aromatic heterocycles. The van der Waals surface area contributed by atoms with Crippen molar-refractivity contribution < 1.29 is 15.3 Å². The molecule has 2 unspecified atom stereocenters. The van der Waals surface area contributed by atoms with Gasteiger partial charge in [-0.05, 0) is 104 Å². The van der Waals surface area contributed by atoms with Gasteiger partial charge in [0.25, 0.3) is 0 Å². The summed E-state index contributed by atoms with van der Waals surface area (Å²) in [5, 5.41) is 32.4. The highest BCUT2D eigenvalue weighted by Gasteiger charge is 2.62. The van der Waals surface area contributed by atoms with Crippen molar-refractivity contribution in [2.24, 2.45) is 46.3 Å². The predicted octanol–water partition coefficient (Wildman–Crippen LogP) is 5.33. The molecule has 3 nitrogen and oxygen atoms in total. The van der Waals surface area contributed by atoms with Crippen LogP contribution in [0.3, 0.4) is 0 Å². The number of aliphatic hydroxyl groups is 3. The highest BCUT2D eigenvalue weighted by Crippen LogP contribution is 2.67. The topological polar surface area (TPSA) is 60.7 Å². The Kier molecular flexibility index (Phi) is 6.23. The second-order valence-electron chi connectivity index (χ2n) is 12.4. The second-order valence-corrected chi connectivity index (χ2v) is 12.4. The molecule has 0 aromatic carbocycles. The Hall–Kier alpha value is -0.380. The lowest BCUT2D eigenvalue weighted by Gasteiger charge is -2.58. The Morgan fingerprint density at radius 3 is 2.47 bits per heavy atom. The Morgan fingerprint density at radius 2 is 1.77 bits per heavy atom. The van der Waals surface area contributed by atoms with Crippen LogP contribution in [0.5, 0.6) is 0 Å². The first-order chi connectivity index (χ1) is 14.1. The third-order valence-corrected chi connectivity index (χ3v) is 10.4. The summed E-state index contributed by atoms with van der Waals surface area (Å²) < 4.78 is 0. The maximum atomic E-state index is 11.2. The number of fused-ring (bicyclic) bond motifs is 5. The third kappa shape index (κ3) is 3.61. The van der Waals surface area contributed by atoms with E-state index >= 15 is 0 Å². The number of hydrogen-bond acceptors (Lipinski definition) is 3. The van der Waals surface area contributed by atoms with E-state index in [0.717, 1.165) is 44.9 Å². The highest BCUT2D eigenvalue weighted by molar-refractivity contribution is 5.25. The van der Waals surface area contributed by atoms with E-state index in [9.17, 15) is 15.3 Å². The second kappa shape index (κ2) is 8.19. The van der Waals surface area contributed by atoms with Crippen molar-refractivity contribution in [2.45, 2.75) is 111 Å². The van der Waals surface area contributed by atoms with Crippen molar-refractivity contribution in [3.05, 3.63) is 11.6 Å². The SMILES string of the molecule is CC(C)CCC(O)[C@@H](C)[C@H]1C(O)C[C@H]2[C@@H]3CC=C4C[C@@H](O)CC[C@]4(C)[C@H]3CC[C@]12C. The minimum Gasteiger partial charge on any atom is -0.393 e. The van der Waals surface area contributed by atoms with Crippen molar-refractivity contribution in [3.8, 4) is 0 Å². The van der Waals surface area contributed by atoms with E-state index in [1.54, 1.807) is 0 Å². The molecule has 3 fully saturated rings. The van der Waals surface area contributed by atoms with Crippen molar-refractivity contribution in [1.82, 2.24) is 0 Å². The molecule has 0 heterocycles. The van der Waals surface area contributed by atoms with Gasteiger partial charge in [0.05, 0.1) is 18.3 Å². The van der Waals surface area contributed by atoms with Crippen LogP contribution in [-0.4, -0.2) is 33.6 Å². The minimum absolute atomic E-state index is 0.134. The fourth-order valence-electron chi connectivity index (χ4n) is 8.65. The summed E-state index contributed by atoms with van der Waals surface area (Å²) in [6.45, 7) is 11.5. The third-order valence-electron chi connectivity index (χ3n) is 10.4. The molecule has 0 amide bonds. The van der Waals surface area contributed by atoms with Crippen LogP contribution in [0.2, 0.25) is 0 Å². The van der Waals surface area contributed by atoms with Gasteiger partial charge in [-0.1, -0.05) is 46.3 Å². The van der Waals surface area contributed by atoms with Gasteiger partial charge in [0, 0.05) is 0 Å². The van der Waals surface area contributed by atoms with Crippen LogP contribution >= 0.6 is 0 Å². The van der Waals surface area contributed by atoms with Crippen molar-refractivity contribution in [3.63, 3.8) is 0 Å². The normalized spacial score (nSPS) is 47.8. The van der Waals surface area contributed by atoms with Crippen LogP contribution in [-0.2, 0) is 0 Å². The quantitative estimate of drug-likeness (QED) is 0.529. The smallest absolute Gasteiger partial charge is 0.0580 e. The fraction of sp³-hybridized carbons (Fsp3) is 0.926. The lowest BCUT2D eigenvalue weighted by Crippen LogP contribution is -2.51. The van der Waals surface area contributed by atoms with Crippen molar-refractivity contribution >= 4 is 0 Å². The van der Waals surface area contributed by atoms with E-state index in [0.29, 0.717) is 23.7 Å². The molecule has 4 aliphatic rings. The van der Waals surface area contributed by atoms with E-state index in [4.69, 9.17) is 0 Å². The zero-order chi connectivity index (χ0) is 21.8. The van der Waals surface area contributed by atoms with E-state index in [-0.39, 0.29) is 41.0 Å². The molecule has 4 rings (SSSR count). The number of aliphatic hydroxyl groups excluding tert-OH is 3. The molecular formula is C27H46O3. The molecule has 3 saturated carbocycles. The largest absolute Gasteiger partial charge is 0.393 e. The van der Waals surface area contributed by atoms with Gasteiger partial charge in [0.1, 0.15) is 0 Å². The lowest BCUT2D eigenvalue weighted by atomic mass is 9.47. The maximum Gasteiger partial charge on any atom is 0.0580 e. The summed E-state index contributed by atoms with van der Waals surface area (Å²) in [7, 11) is 0. The minimum atomic E-state index is -0.310. The van der Waals surface area contributed by atoms with Gasteiger partial charge in [-0.2, -0.15) is 0 Å². The van der Waals surface area contributed by atoms with Gasteiger partial charge in [-0.25, -0.2) is 0 Å². The van der Waals surface area contributed by atoms with Crippen LogP contribution in [0.25, 0.3) is 0 Å². The summed E-state index contributed by atoms with van der Waals surface area (Å²) in [5.74, 6) is 2.86.